The van der Waals surface area contributed by atoms with Crippen LogP contribution in [0.15, 0.2) is 12.2 Å². The van der Waals surface area contributed by atoms with Crippen LogP contribution >= 0.6 is 0 Å². The van der Waals surface area contributed by atoms with Crippen LogP contribution in [-0.4, -0.2) is 12.6 Å². The quantitative estimate of drug-likeness (QED) is 0.468. The Balaban J connectivity index is 3.55. The zero-order valence-electron chi connectivity index (χ0n) is 8.88. The lowest BCUT2D eigenvalue weighted by Gasteiger charge is -2.04. The van der Waals surface area contributed by atoms with E-state index in [4.69, 9.17) is 4.74 Å². The van der Waals surface area contributed by atoms with E-state index in [0.29, 0.717) is 12.5 Å². The van der Waals surface area contributed by atoms with Crippen molar-refractivity contribution >= 4 is 5.97 Å². The van der Waals surface area contributed by atoms with Crippen LogP contribution < -0.4 is 0 Å². The Bertz CT molecular complexity index is 161. The molecule has 0 amide bonds. The average Bonchev–Trinajstić information content (AvgIpc) is 2.05. The average molecular weight is 184 g/mol. The molecular formula is C11H20O2. The molecule has 0 bridgehead atoms. The molecule has 0 saturated heterocycles. The summed E-state index contributed by atoms with van der Waals surface area (Å²) >= 11 is 0. The van der Waals surface area contributed by atoms with Crippen LogP contribution in [0.3, 0.4) is 0 Å². The number of rotatable bonds is 6. The van der Waals surface area contributed by atoms with Gasteiger partial charge in [0.15, 0.2) is 0 Å². The van der Waals surface area contributed by atoms with Gasteiger partial charge in [0.25, 0.3) is 0 Å². The second kappa shape index (κ2) is 7.84. The van der Waals surface area contributed by atoms with E-state index in [1.54, 1.807) is 0 Å². The van der Waals surface area contributed by atoms with Gasteiger partial charge in [-0.25, -0.2) is 4.79 Å². The van der Waals surface area contributed by atoms with Gasteiger partial charge in [0.05, 0.1) is 6.61 Å². The molecule has 0 spiro atoms. The van der Waals surface area contributed by atoms with Crippen LogP contribution in [0.25, 0.3) is 0 Å². The lowest BCUT2D eigenvalue weighted by Crippen LogP contribution is -1.99. The van der Waals surface area contributed by atoms with Gasteiger partial charge in [0.1, 0.15) is 0 Å². The molecule has 0 radical (unpaired) electrons. The van der Waals surface area contributed by atoms with E-state index in [0.717, 1.165) is 6.42 Å². The topological polar surface area (TPSA) is 26.3 Å². The molecule has 0 saturated carbocycles. The third kappa shape index (κ3) is 7.57. The SMILES string of the molecule is CCCC(C)CC=CC(=O)OCC. The summed E-state index contributed by atoms with van der Waals surface area (Å²) in [6.07, 6.45) is 6.81. The number of allylic oxidation sites excluding steroid dienone is 1. The predicted molar refractivity (Wildman–Crippen MR) is 54.5 cm³/mol. The van der Waals surface area contributed by atoms with Crippen molar-refractivity contribution in [2.75, 3.05) is 6.61 Å². The molecule has 0 aromatic rings. The highest BCUT2D eigenvalue weighted by Crippen LogP contribution is 2.09. The molecule has 13 heavy (non-hydrogen) atoms. The first kappa shape index (κ1) is 12.2. The van der Waals surface area contributed by atoms with E-state index in [1.807, 2.05) is 13.0 Å². The Morgan fingerprint density at radius 3 is 2.69 bits per heavy atom. The Hall–Kier alpha value is -0.790. The maximum Gasteiger partial charge on any atom is 0.330 e. The zero-order chi connectivity index (χ0) is 10.1. The summed E-state index contributed by atoms with van der Waals surface area (Å²) in [6, 6.07) is 0. The molecule has 1 atom stereocenters. The van der Waals surface area contributed by atoms with Crippen LogP contribution in [0.5, 0.6) is 0 Å². The van der Waals surface area contributed by atoms with Gasteiger partial charge in [-0.05, 0) is 19.3 Å². The van der Waals surface area contributed by atoms with Gasteiger partial charge >= 0.3 is 5.97 Å². The Morgan fingerprint density at radius 1 is 1.46 bits per heavy atom. The molecule has 0 aliphatic heterocycles. The summed E-state index contributed by atoms with van der Waals surface area (Å²) < 4.78 is 4.76. The van der Waals surface area contributed by atoms with Gasteiger partial charge in [0, 0.05) is 6.08 Å². The Labute approximate surface area is 81.0 Å². The highest BCUT2D eigenvalue weighted by molar-refractivity contribution is 5.81. The van der Waals surface area contributed by atoms with Crippen LogP contribution in [-0.2, 0) is 9.53 Å². The highest BCUT2D eigenvalue weighted by Gasteiger charge is 1.98. The van der Waals surface area contributed by atoms with E-state index >= 15 is 0 Å². The lowest BCUT2D eigenvalue weighted by molar-refractivity contribution is -0.137. The fourth-order valence-corrected chi connectivity index (χ4v) is 1.20. The Morgan fingerprint density at radius 2 is 2.15 bits per heavy atom. The summed E-state index contributed by atoms with van der Waals surface area (Å²) in [4.78, 5) is 10.9. The Kier molecular flexibility index (Phi) is 7.36. The molecule has 2 nitrogen and oxygen atoms in total. The largest absolute Gasteiger partial charge is 0.463 e. The van der Waals surface area contributed by atoms with Gasteiger partial charge < -0.3 is 4.74 Å². The van der Waals surface area contributed by atoms with Crippen molar-refractivity contribution in [3.63, 3.8) is 0 Å². The third-order valence-corrected chi connectivity index (χ3v) is 1.86. The third-order valence-electron chi connectivity index (χ3n) is 1.86. The summed E-state index contributed by atoms with van der Waals surface area (Å²) in [5.41, 5.74) is 0. The number of carbonyl (C=O) groups is 1. The molecule has 0 aliphatic rings. The van der Waals surface area contributed by atoms with Crippen molar-refractivity contribution in [3.8, 4) is 0 Å². The standard InChI is InChI=1S/C11H20O2/c1-4-7-10(3)8-6-9-11(12)13-5-2/h6,9-10H,4-5,7-8H2,1-3H3. The molecule has 0 aromatic carbocycles. The van der Waals surface area contributed by atoms with Crippen LogP contribution in [0.4, 0.5) is 0 Å². The molecule has 0 aliphatic carbocycles. The molecule has 0 N–H and O–H groups in total. The van der Waals surface area contributed by atoms with Crippen LogP contribution in [0, 0.1) is 5.92 Å². The molecule has 1 unspecified atom stereocenters. The summed E-state index contributed by atoms with van der Waals surface area (Å²) in [5, 5.41) is 0. The number of esters is 1. The highest BCUT2D eigenvalue weighted by atomic mass is 16.5. The van der Waals surface area contributed by atoms with Gasteiger partial charge in [-0.2, -0.15) is 0 Å². The summed E-state index contributed by atoms with van der Waals surface area (Å²) in [5.74, 6) is 0.432. The maximum absolute atomic E-state index is 10.9. The fraction of sp³-hybridized carbons (Fsp3) is 0.727. The molecule has 0 heterocycles. The number of carbonyl (C=O) groups excluding carboxylic acids is 1. The van der Waals surface area contributed by atoms with Gasteiger partial charge in [-0.3, -0.25) is 0 Å². The minimum absolute atomic E-state index is 0.230. The van der Waals surface area contributed by atoms with E-state index in [1.165, 1.54) is 18.9 Å². The summed E-state index contributed by atoms with van der Waals surface area (Å²) in [7, 11) is 0. The van der Waals surface area contributed by atoms with Crippen molar-refractivity contribution in [3.05, 3.63) is 12.2 Å². The van der Waals surface area contributed by atoms with Crippen molar-refractivity contribution < 1.29 is 9.53 Å². The number of ether oxygens (including phenoxy) is 1. The first-order valence-corrected chi connectivity index (χ1v) is 5.04. The van der Waals surface area contributed by atoms with E-state index < -0.39 is 0 Å². The zero-order valence-corrected chi connectivity index (χ0v) is 8.88. The monoisotopic (exact) mass is 184 g/mol. The van der Waals surface area contributed by atoms with Crippen molar-refractivity contribution in [2.24, 2.45) is 5.92 Å². The van der Waals surface area contributed by atoms with Crippen molar-refractivity contribution in [1.29, 1.82) is 0 Å². The number of hydrogen-bond donors (Lipinski definition) is 0. The van der Waals surface area contributed by atoms with Crippen molar-refractivity contribution in [1.82, 2.24) is 0 Å². The van der Waals surface area contributed by atoms with Crippen molar-refractivity contribution in [2.45, 2.75) is 40.0 Å². The molecular weight excluding hydrogens is 164 g/mol. The van der Waals surface area contributed by atoms with E-state index in [9.17, 15) is 4.79 Å². The predicted octanol–water partition coefficient (Wildman–Crippen LogP) is 2.93. The molecule has 0 aromatic heterocycles. The molecule has 0 fully saturated rings. The molecule has 2 heteroatoms. The minimum Gasteiger partial charge on any atom is -0.463 e. The summed E-state index contributed by atoms with van der Waals surface area (Å²) in [6.45, 7) is 6.63. The molecule has 76 valence electrons. The second-order valence-electron chi connectivity index (χ2n) is 3.28. The van der Waals surface area contributed by atoms with Crippen LogP contribution in [0.2, 0.25) is 0 Å². The first-order valence-electron chi connectivity index (χ1n) is 5.04. The second-order valence-corrected chi connectivity index (χ2v) is 3.28. The van der Waals surface area contributed by atoms with E-state index in [2.05, 4.69) is 13.8 Å². The maximum atomic E-state index is 10.9. The lowest BCUT2D eigenvalue weighted by atomic mass is 10.0. The van der Waals surface area contributed by atoms with Gasteiger partial charge in [-0.15, -0.1) is 0 Å². The smallest absolute Gasteiger partial charge is 0.330 e. The van der Waals surface area contributed by atoms with E-state index in [-0.39, 0.29) is 5.97 Å². The fourth-order valence-electron chi connectivity index (χ4n) is 1.20. The molecule has 0 rings (SSSR count). The van der Waals surface area contributed by atoms with Gasteiger partial charge in [0.2, 0.25) is 0 Å². The van der Waals surface area contributed by atoms with Gasteiger partial charge in [-0.1, -0.05) is 32.8 Å². The normalized spacial score (nSPS) is 13.2. The minimum atomic E-state index is -0.230. The first-order chi connectivity index (χ1) is 6.20. The van der Waals surface area contributed by atoms with Crippen LogP contribution in [0.1, 0.15) is 40.0 Å². The number of hydrogen-bond acceptors (Lipinski definition) is 2.